The van der Waals surface area contributed by atoms with Gasteiger partial charge in [0.25, 0.3) is 0 Å². The van der Waals surface area contributed by atoms with Gasteiger partial charge in [-0.15, -0.1) is 0 Å². The molecule has 0 aromatic heterocycles. The van der Waals surface area contributed by atoms with Gasteiger partial charge < -0.3 is 10.1 Å². The molecule has 16 heavy (non-hydrogen) atoms. The van der Waals surface area contributed by atoms with Gasteiger partial charge in [-0.25, -0.2) is 8.78 Å². The van der Waals surface area contributed by atoms with Crippen LogP contribution in [0, 0.1) is 11.6 Å². The summed E-state index contributed by atoms with van der Waals surface area (Å²) in [5.41, 5.74) is -0.0530. The summed E-state index contributed by atoms with van der Waals surface area (Å²) in [7, 11) is 1.64. The summed E-state index contributed by atoms with van der Waals surface area (Å²) < 4.78 is 32.4. The molecule has 0 saturated heterocycles. The van der Waals surface area contributed by atoms with Crippen LogP contribution in [-0.4, -0.2) is 19.3 Å². The Morgan fingerprint density at radius 2 is 1.88 bits per heavy atom. The molecule has 1 saturated carbocycles. The summed E-state index contributed by atoms with van der Waals surface area (Å²) >= 11 is 3.04. The highest BCUT2D eigenvalue weighted by atomic mass is 79.9. The number of anilines is 1. The summed E-state index contributed by atoms with van der Waals surface area (Å²) in [5.74, 6) is -1.15. The number of hydrogen-bond acceptors (Lipinski definition) is 2. The van der Waals surface area contributed by atoms with Crippen LogP contribution in [0.4, 0.5) is 14.5 Å². The summed E-state index contributed by atoms with van der Waals surface area (Å²) in [5, 5.41) is 2.86. The number of halogens is 3. The van der Waals surface area contributed by atoms with Gasteiger partial charge in [-0.05, 0) is 25.0 Å². The smallest absolute Gasteiger partial charge is 0.150 e. The maximum absolute atomic E-state index is 13.4. The van der Waals surface area contributed by atoms with Gasteiger partial charge >= 0.3 is 0 Å². The summed E-state index contributed by atoms with van der Waals surface area (Å²) in [6.07, 6.45) is 1.77. The Balaban J connectivity index is 2.05. The molecular formula is C11H12BrF2NO. The van der Waals surface area contributed by atoms with Gasteiger partial charge in [0.15, 0.2) is 0 Å². The first kappa shape index (κ1) is 11.8. The zero-order valence-corrected chi connectivity index (χ0v) is 10.4. The van der Waals surface area contributed by atoms with Gasteiger partial charge in [0, 0.05) is 17.6 Å². The molecular weight excluding hydrogens is 280 g/mol. The Morgan fingerprint density at radius 3 is 2.38 bits per heavy atom. The second-order valence-electron chi connectivity index (χ2n) is 3.91. The fourth-order valence-corrected chi connectivity index (χ4v) is 2.16. The topological polar surface area (TPSA) is 21.3 Å². The Bertz CT molecular complexity index is 371. The highest BCUT2D eigenvalue weighted by Gasteiger charge is 2.30. The molecule has 0 aliphatic heterocycles. The van der Waals surface area contributed by atoms with E-state index in [1.807, 2.05) is 0 Å². The van der Waals surface area contributed by atoms with Crippen molar-refractivity contribution in [3.63, 3.8) is 0 Å². The van der Waals surface area contributed by atoms with Crippen molar-refractivity contribution in [2.75, 3.05) is 12.4 Å². The van der Waals surface area contributed by atoms with E-state index in [4.69, 9.17) is 4.74 Å². The van der Waals surface area contributed by atoms with E-state index in [0.29, 0.717) is 4.47 Å². The molecule has 0 unspecified atom stereocenters. The van der Waals surface area contributed by atoms with E-state index in [9.17, 15) is 8.78 Å². The molecule has 1 aromatic carbocycles. The maximum atomic E-state index is 13.4. The van der Waals surface area contributed by atoms with E-state index in [1.54, 1.807) is 7.11 Å². The molecule has 0 amide bonds. The largest absolute Gasteiger partial charge is 0.381 e. The third kappa shape index (κ3) is 2.35. The summed E-state index contributed by atoms with van der Waals surface area (Å²) in [6, 6.07) is 2.59. The highest BCUT2D eigenvalue weighted by Crippen LogP contribution is 2.30. The minimum absolute atomic E-state index is 0.0530. The maximum Gasteiger partial charge on any atom is 0.150 e. The zero-order valence-electron chi connectivity index (χ0n) is 8.77. The average Bonchev–Trinajstić information content (AvgIpc) is 2.13. The van der Waals surface area contributed by atoms with Crippen molar-refractivity contribution >= 4 is 21.6 Å². The van der Waals surface area contributed by atoms with E-state index < -0.39 is 11.6 Å². The van der Waals surface area contributed by atoms with Crippen LogP contribution in [-0.2, 0) is 4.74 Å². The first-order valence-electron chi connectivity index (χ1n) is 5.04. The average molecular weight is 292 g/mol. The molecule has 2 rings (SSSR count). The molecule has 1 aromatic rings. The van der Waals surface area contributed by atoms with Gasteiger partial charge in [-0.2, -0.15) is 0 Å². The summed E-state index contributed by atoms with van der Waals surface area (Å²) in [4.78, 5) is 0. The standard InChI is InChI=1S/C11H12BrF2NO/c1-16-8-4-7(5-8)15-11-9(13)2-6(12)3-10(11)14/h2-3,7-8,15H,4-5H2,1H3. The number of nitrogens with one attached hydrogen (secondary N) is 1. The molecule has 0 heterocycles. The fraction of sp³-hybridized carbons (Fsp3) is 0.455. The van der Waals surface area contributed by atoms with Crippen molar-refractivity contribution in [2.24, 2.45) is 0 Å². The second kappa shape index (κ2) is 4.67. The third-order valence-corrected chi connectivity index (χ3v) is 3.24. The minimum Gasteiger partial charge on any atom is -0.381 e. The number of ether oxygens (including phenoxy) is 1. The number of benzene rings is 1. The third-order valence-electron chi connectivity index (χ3n) is 2.78. The van der Waals surface area contributed by atoms with Crippen LogP contribution in [0.2, 0.25) is 0 Å². The van der Waals surface area contributed by atoms with E-state index in [1.165, 1.54) is 12.1 Å². The second-order valence-corrected chi connectivity index (χ2v) is 4.83. The van der Waals surface area contributed by atoms with Crippen LogP contribution < -0.4 is 5.32 Å². The lowest BCUT2D eigenvalue weighted by atomic mass is 9.89. The van der Waals surface area contributed by atoms with Gasteiger partial charge in [0.1, 0.15) is 17.3 Å². The molecule has 0 bridgehead atoms. The number of methoxy groups -OCH3 is 1. The lowest BCUT2D eigenvalue weighted by molar-refractivity contribution is 0.0327. The quantitative estimate of drug-likeness (QED) is 0.922. The van der Waals surface area contributed by atoms with Gasteiger partial charge in [-0.3, -0.25) is 0 Å². The molecule has 88 valence electrons. The van der Waals surface area contributed by atoms with Crippen molar-refractivity contribution < 1.29 is 13.5 Å². The molecule has 1 fully saturated rings. The number of hydrogen-bond donors (Lipinski definition) is 1. The molecule has 2 nitrogen and oxygen atoms in total. The van der Waals surface area contributed by atoms with Crippen molar-refractivity contribution in [1.82, 2.24) is 0 Å². The van der Waals surface area contributed by atoms with E-state index in [2.05, 4.69) is 21.2 Å². The minimum atomic E-state index is -0.576. The lowest BCUT2D eigenvalue weighted by Crippen LogP contribution is -2.40. The SMILES string of the molecule is COC1CC(Nc2c(F)cc(Br)cc2F)C1. The fourth-order valence-electron chi connectivity index (χ4n) is 1.76. The first-order valence-corrected chi connectivity index (χ1v) is 5.83. The van der Waals surface area contributed by atoms with Crippen molar-refractivity contribution in [2.45, 2.75) is 25.0 Å². The Hall–Kier alpha value is -0.680. The van der Waals surface area contributed by atoms with Gasteiger partial charge in [-0.1, -0.05) is 15.9 Å². The normalized spacial score (nSPS) is 24.0. The molecule has 0 atom stereocenters. The molecule has 1 aliphatic rings. The van der Waals surface area contributed by atoms with E-state index in [-0.39, 0.29) is 17.8 Å². The summed E-state index contributed by atoms with van der Waals surface area (Å²) in [6.45, 7) is 0. The molecule has 5 heteroatoms. The Kier molecular flexibility index (Phi) is 3.44. The van der Waals surface area contributed by atoms with E-state index >= 15 is 0 Å². The molecule has 0 radical (unpaired) electrons. The first-order chi connectivity index (χ1) is 7.60. The molecule has 0 spiro atoms. The molecule has 1 aliphatic carbocycles. The van der Waals surface area contributed by atoms with Crippen molar-refractivity contribution in [3.05, 3.63) is 28.2 Å². The van der Waals surface area contributed by atoms with Crippen LogP contribution in [0.15, 0.2) is 16.6 Å². The monoisotopic (exact) mass is 291 g/mol. The van der Waals surface area contributed by atoms with Crippen LogP contribution in [0.1, 0.15) is 12.8 Å². The van der Waals surface area contributed by atoms with E-state index in [0.717, 1.165) is 12.8 Å². The van der Waals surface area contributed by atoms with Crippen LogP contribution in [0.25, 0.3) is 0 Å². The Morgan fingerprint density at radius 1 is 1.31 bits per heavy atom. The Labute approximate surface area is 101 Å². The van der Waals surface area contributed by atoms with Crippen LogP contribution in [0.3, 0.4) is 0 Å². The van der Waals surface area contributed by atoms with Crippen LogP contribution >= 0.6 is 15.9 Å². The lowest BCUT2D eigenvalue weighted by Gasteiger charge is -2.35. The zero-order chi connectivity index (χ0) is 11.7. The number of rotatable bonds is 3. The van der Waals surface area contributed by atoms with Gasteiger partial charge in [0.05, 0.1) is 6.10 Å². The highest BCUT2D eigenvalue weighted by molar-refractivity contribution is 9.10. The van der Waals surface area contributed by atoms with Crippen molar-refractivity contribution in [1.29, 1.82) is 0 Å². The van der Waals surface area contributed by atoms with Crippen molar-refractivity contribution in [3.8, 4) is 0 Å². The predicted molar refractivity (Wildman–Crippen MR) is 61.5 cm³/mol. The van der Waals surface area contributed by atoms with Crippen LogP contribution in [0.5, 0.6) is 0 Å². The predicted octanol–water partition coefficient (Wildman–Crippen LogP) is 3.32. The molecule has 1 N–H and O–H groups in total. The van der Waals surface area contributed by atoms with Gasteiger partial charge in [0.2, 0.25) is 0 Å².